The molecule has 0 bridgehead atoms. The van der Waals surface area contributed by atoms with Gasteiger partial charge in [0, 0.05) is 19.3 Å². The Morgan fingerprint density at radius 1 is 1.42 bits per heavy atom. The zero-order valence-corrected chi connectivity index (χ0v) is 11.4. The molecule has 1 amide bonds. The van der Waals surface area contributed by atoms with Gasteiger partial charge in [0.2, 0.25) is 0 Å². The van der Waals surface area contributed by atoms with Crippen molar-refractivity contribution in [1.82, 2.24) is 5.32 Å². The SMILES string of the molecule is Cc1cccc(C(=O)NC(C)C2CCOCC2)c1F. The van der Waals surface area contributed by atoms with E-state index in [0.717, 1.165) is 26.1 Å². The summed E-state index contributed by atoms with van der Waals surface area (Å²) in [6, 6.07) is 4.92. The fourth-order valence-corrected chi connectivity index (χ4v) is 2.44. The predicted molar refractivity (Wildman–Crippen MR) is 71.6 cm³/mol. The molecule has 1 N–H and O–H groups in total. The summed E-state index contributed by atoms with van der Waals surface area (Å²) >= 11 is 0. The molecule has 1 aliphatic rings. The smallest absolute Gasteiger partial charge is 0.254 e. The van der Waals surface area contributed by atoms with Gasteiger partial charge >= 0.3 is 0 Å². The number of rotatable bonds is 3. The summed E-state index contributed by atoms with van der Waals surface area (Å²) in [6.07, 6.45) is 1.88. The zero-order valence-electron chi connectivity index (χ0n) is 11.4. The van der Waals surface area contributed by atoms with E-state index in [-0.39, 0.29) is 17.5 Å². The molecule has 3 nitrogen and oxygen atoms in total. The average Bonchev–Trinajstić information content (AvgIpc) is 2.42. The summed E-state index contributed by atoms with van der Waals surface area (Å²) in [4.78, 5) is 12.1. The molecule has 1 unspecified atom stereocenters. The van der Waals surface area contributed by atoms with Crippen molar-refractivity contribution in [2.45, 2.75) is 32.7 Å². The Morgan fingerprint density at radius 2 is 2.11 bits per heavy atom. The van der Waals surface area contributed by atoms with Crippen LogP contribution in [-0.4, -0.2) is 25.2 Å². The summed E-state index contributed by atoms with van der Waals surface area (Å²) in [5.74, 6) is -0.357. The Bertz CT molecular complexity index is 455. The van der Waals surface area contributed by atoms with Gasteiger partial charge < -0.3 is 10.1 Å². The molecule has 1 aromatic carbocycles. The second kappa shape index (κ2) is 6.15. The van der Waals surface area contributed by atoms with Gasteiger partial charge in [0.15, 0.2) is 0 Å². The molecule has 19 heavy (non-hydrogen) atoms. The van der Waals surface area contributed by atoms with Crippen molar-refractivity contribution in [2.24, 2.45) is 5.92 Å². The highest BCUT2D eigenvalue weighted by molar-refractivity contribution is 5.94. The minimum Gasteiger partial charge on any atom is -0.381 e. The molecule has 0 spiro atoms. The van der Waals surface area contributed by atoms with Gasteiger partial charge in [-0.05, 0) is 44.2 Å². The van der Waals surface area contributed by atoms with Crippen LogP contribution < -0.4 is 5.32 Å². The van der Waals surface area contributed by atoms with Crippen LogP contribution >= 0.6 is 0 Å². The van der Waals surface area contributed by atoms with Crippen molar-refractivity contribution in [1.29, 1.82) is 0 Å². The van der Waals surface area contributed by atoms with Gasteiger partial charge in [-0.1, -0.05) is 12.1 Å². The Hall–Kier alpha value is -1.42. The number of carbonyl (C=O) groups is 1. The standard InChI is InChI=1S/C15H20FNO2/c1-10-4-3-5-13(14(10)16)15(18)17-11(2)12-6-8-19-9-7-12/h3-5,11-12H,6-9H2,1-2H3,(H,17,18). The average molecular weight is 265 g/mol. The monoisotopic (exact) mass is 265 g/mol. The van der Waals surface area contributed by atoms with Gasteiger partial charge in [-0.3, -0.25) is 4.79 Å². The number of nitrogens with one attached hydrogen (secondary N) is 1. The molecule has 1 fully saturated rings. The molecule has 0 radical (unpaired) electrons. The van der Waals surface area contributed by atoms with E-state index in [0.29, 0.717) is 11.5 Å². The fourth-order valence-electron chi connectivity index (χ4n) is 2.44. The van der Waals surface area contributed by atoms with Crippen LogP contribution in [0.3, 0.4) is 0 Å². The number of hydrogen-bond acceptors (Lipinski definition) is 2. The van der Waals surface area contributed by atoms with Crippen molar-refractivity contribution in [3.8, 4) is 0 Å². The van der Waals surface area contributed by atoms with Crippen molar-refractivity contribution in [2.75, 3.05) is 13.2 Å². The van der Waals surface area contributed by atoms with E-state index in [9.17, 15) is 9.18 Å². The lowest BCUT2D eigenvalue weighted by molar-refractivity contribution is 0.0537. The maximum Gasteiger partial charge on any atom is 0.254 e. The van der Waals surface area contributed by atoms with Gasteiger partial charge in [0.1, 0.15) is 5.82 Å². The lowest BCUT2D eigenvalue weighted by atomic mass is 9.92. The van der Waals surface area contributed by atoms with Crippen molar-refractivity contribution < 1.29 is 13.9 Å². The van der Waals surface area contributed by atoms with Crippen molar-refractivity contribution >= 4 is 5.91 Å². The van der Waals surface area contributed by atoms with Crippen LogP contribution in [0.5, 0.6) is 0 Å². The number of ether oxygens (including phenoxy) is 1. The molecule has 0 saturated carbocycles. The van der Waals surface area contributed by atoms with Crippen LogP contribution in [0.15, 0.2) is 18.2 Å². The van der Waals surface area contributed by atoms with Crippen LogP contribution in [0, 0.1) is 18.7 Å². The predicted octanol–water partition coefficient (Wildman–Crippen LogP) is 2.68. The Kier molecular flexibility index (Phi) is 4.53. The lowest BCUT2D eigenvalue weighted by Gasteiger charge is -2.28. The van der Waals surface area contributed by atoms with Crippen LogP contribution in [0.1, 0.15) is 35.7 Å². The summed E-state index contributed by atoms with van der Waals surface area (Å²) in [7, 11) is 0. The van der Waals surface area contributed by atoms with Gasteiger partial charge in [-0.2, -0.15) is 0 Å². The first-order chi connectivity index (χ1) is 9.09. The quantitative estimate of drug-likeness (QED) is 0.912. The summed E-state index contributed by atoms with van der Waals surface area (Å²) in [5, 5.41) is 2.90. The van der Waals surface area contributed by atoms with E-state index in [1.54, 1.807) is 19.1 Å². The van der Waals surface area contributed by atoms with Crippen molar-refractivity contribution in [3.63, 3.8) is 0 Å². The second-order valence-corrected chi connectivity index (χ2v) is 5.15. The number of hydrogen-bond donors (Lipinski definition) is 1. The second-order valence-electron chi connectivity index (χ2n) is 5.15. The molecular weight excluding hydrogens is 245 g/mol. The minimum absolute atomic E-state index is 0.0383. The lowest BCUT2D eigenvalue weighted by Crippen LogP contribution is -2.40. The van der Waals surface area contributed by atoms with E-state index in [1.165, 1.54) is 6.07 Å². The number of amides is 1. The van der Waals surface area contributed by atoms with Gasteiger partial charge in [-0.25, -0.2) is 4.39 Å². The normalized spacial score (nSPS) is 18.1. The number of benzene rings is 1. The van der Waals surface area contributed by atoms with E-state index < -0.39 is 5.82 Å². The topological polar surface area (TPSA) is 38.3 Å². The molecule has 1 atom stereocenters. The Labute approximate surface area is 113 Å². The van der Waals surface area contributed by atoms with Crippen LogP contribution in [-0.2, 0) is 4.74 Å². The molecule has 1 heterocycles. The highest BCUT2D eigenvalue weighted by Gasteiger charge is 2.23. The Morgan fingerprint density at radius 3 is 2.79 bits per heavy atom. The first-order valence-electron chi connectivity index (χ1n) is 6.73. The Balaban J connectivity index is 2.02. The molecule has 1 saturated heterocycles. The van der Waals surface area contributed by atoms with Gasteiger partial charge in [0.05, 0.1) is 5.56 Å². The third-order valence-electron chi connectivity index (χ3n) is 3.77. The van der Waals surface area contributed by atoms with Gasteiger partial charge in [0.25, 0.3) is 5.91 Å². The summed E-state index contributed by atoms with van der Waals surface area (Å²) < 4.78 is 19.2. The molecular formula is C15H20FNO2. The maximum absolute atomic E-state index is 13.9. The molecule has 104 valence electrons. The largest absolute Gasteiger partial charge is 0.381 e. The number of carbonyl (C=O) groups excluding carboxylic acids is 1. The highest BCUT2D eigenvalue weighted by atomic mass is 19.1. The summed E-state index contributed by atoms with van der Waals surface area (Å²) in [5.41, 5.74) is 0.616. The molecule has 0 aromatic heterocycles. The molecule has 1 aliphatic heterocycles. The molecule has 1 aromatic rings. The van der Waals surface area contributed by atoms with E-state index in [2.05, 4.69) is 5.32 Å². The van der Waals surface area contributed by atoms with Crippen LogP contribution in [0.25, 0.3) is 0 Å². The molecule has 4 heteroatoms. The van der Waals surface area contributed by atoms with Gasteiger partial charge in [-0.15, -0.1) is 0 Å². The third-order valence-corrected chi connectivity index (χ3v) is 3.77. The fraction of sp³-hybridized carbons (Fsp3) is 0.533. The zero-order chi connectivity index (χ0) is 13.8. The molecule has 2 rings (SSSR count). The van der Waals surface area contributed by atoms with Crippen LogP contribution in [0.4, 0.5) is 4.39 Å². The highest BCUT2D eigenvalue weighted by Crippen LogP contribution is 2.19. The third kappa shape index (κ3) is 3.32. The first kappa shape index (κ1) is 14.0. The summed E-state index contributed by atoms with van der Waals surface area (Å²) in [6.45, 7) is 5.11. The maximum atomic E-state index is 13.9. The first-order valence-corrected chi connectivity index (χ1v) is 6.73. The number of halogens is 1. The molecule has 0 aliphatic carbocycles. The van der Waals surface area contributed by atoms with E-state index in [4.69, 9.17) is 4.74 Å². The minimum atomic E-state index is -0.431. The van der Waals surface area contributed by atoms with E-state index >= 15 is 0 Å². The number of aryl methyl sites for hydroxylation is 1. The van der Waals surface area contributed by atoms with E-state index in [1.807, 2.05) is 6.92 Å². The van der Waals surface area contributed by atoms with Crippen LogP contribution in [0.2, 0.25) is 0 Å². The van der Waals surface area contributed by atoms with Crippen molar-refractivity contribution in [3.05, 3.63) is 35.1 Å².